The van der Waals surface area contributed by atoms with Gasteiger partial charge in [0.2, 0.25) is 0 Å². The van der Waals surface area contributed by atoms with Crippen molar-refractivity contribution >= 4 is 34.0 Å². The highest BCUT2D eigenvalue weighted by atomic mass is 16.5. The van der Waals surface area contributed by atoms with Crippen LogP contribution in [0, 0.1) is 6.92 Å². The minimum atomic E-state index is 0.0666. The van der Waals surface area contributed by atoms with Crippen LogP contribution in [0.5, 0.6) is 11.5 Å². The van der Waals surface area contributed by atoms with Crippen molar-refractivity contribution in [2.45, 2.75) is 38.1 Å². The molecule has 0 aliphatic carbocycles. The summed E-state index contributed by atoms with van der Waals surface area (Å²) in [6, 6.07) is 13.8. The molecule has 2 atom stereocenters. The molecule has 0 radical (unpaired) electrons. The van der Waals surface area contributed by atoms with E-state index in [0.29, 0.717) is 23.5 Å². The number of ether oxygens (including phenoxy) is 1. The molecule has 4 aromatic heterocycles. The molecule has 10 heteroatoms. The number of nitrogens with zero attached hydrogens (tertiary/aromatic N) is 6. The van der Waals surface area contributed by atoms with Gasteiger partial charge in [-0.2, -0.15) is 5.10 Å². The Morgan fingerprint density at radius 3 is 2.97 bits per heavy atom. The first-order chi connectivity index (χ1) is 19.1. The van der Waals surface area contributed by atoms with Crippen molar-refractivity contribution in [2.75, 3.05) is 11.9 Å². The number of hydrogen-bond acceptors (Lipinski definition) is 9. The number of nitrogens with one attached hydrogen (secondary N) is 2. The van der Waals surface area contributed by atoms with Gasteiger partial charge in [-0.05, 0) is 74.3 Å². The van der Waals surface area contributed by atoms with Crippen molar-refractivity contribution in [2.24, 2.45) is 0 Å². The van der Waals surface area contributed by atoms with E-state index in [-0.39, 0.29) is 17.7 Å². The predicted octanol–water partition coefficient (Wildman–Crippen LogP) is 4.89. The first-order valence-electron chi connectivity index (χ1n) is 12.9. The number of hydrogen-bond donors (Lipinski definition) is 2. The summed E-state index contributed by atoms with van der Waals surface area (Å²) in [5.41, 5.74) is 5.00. The number of ketones is 1. The number of allylic oxidation sites excluding steroid dienone is 1. The highest BCUT2D eigenvalue weighted by molar-refractivity contribution is 5.89. The number of pyridine rings is 2. The fourth-order valence-corrected chi connectivity index (χ4v) is 5.04. The lowest BCUT2D eigenvalue weighted by Crippen LogP contribution is -2.27. The molecular formula is C29H28N8O2. The van der Waals surface area contributed by atoms with Crippen molar-refractivity contribution in [3.63, 3.8) is 0 Å². The molecule has 1 aliphatic heterocycles. The van der Waals surface area contributed by atoms with Crippen molar-refractivity contribution in [1.29, 1.82) is 0 Å². The fourth-order valence-electron chi connectivity index (χ4n) is 5.04. The van der Waals surface area contributed by atoms with Crippen molar-refractivity contribution in [1.82, 2.24) is 34.9 Å². The van der Waals surface area contributed by atoms with Gasteiger partial charge >= 0.3 is 0 Å². The van der Waals surface area contributed by atoms with E-state index in [4.69, 9.17) is 9.72 Å². The molecule has 2 N–H and O–H groups in total. The van der Waals surface area contributed by atoms with E-state index in [0.717, 1.165) is 53.2 Å². The zero-order valence-corrected chi connectivity index (χ0v) is 21.5. The molecule has 5 heterocycles. The Kier molecular flexibility index (Phi) is 6.68. The van der Waals surface area contributed by atoms with Crippen molar-refractivity contribution < 1.29 is 9.53 Å². The summed E-state index contributed by atoms with van der Waals surface area (Å²) in [5.74, 6) is 2.35. The molecule has 0 unspecified atom stereocenters. The topological polar surface area (TPSA) is 119 Å². The molecule has 6 rings (SSSR count). The van der Waals surface area contributed by atoms with Crippen molar-refractivity contribution in [3.05, 3.63) is 85.2 Å². The summed E-state index contributed by atoms with van der Waals surface area (Å²) in [6.07, 6.45) is 8.46. The molecule has 0 amide bonds. The molecule has 0 spiro atoms. The zero-order valence-electron chi connectivity index (χ0n) is 21.5. The van der Waals surface area contributed by atoms with Gasteiger partial charge in [0.25, 0.3) is 0 Å². The predicted molar refractivity (Wildman–Crippen MR) is 148 cm³/mol. The van der Waals surface area contributed by atoms with Crippen LogP contribution in [-0.2, 0) is 4.79 Å². The van der Waals surface area contributed by atoms with Crippen LogP contribution < -0.4 is 15.4 Å². The molecule has 5 aromatic rings. The maximum atomic E-state index is 11.8. The molecule has 1 aromatic carbocycles. The van der Waals surface area contributed by atoms with Gasteiger partial charge in [0, 0.05) is 42.0 Å². The second kappa shape index (κ2) is 10.6. The molecule has 0 saturated carbocycles. The second-order valence-corrected chi connectivity index (χ2v) is 9.62. The zero-order chi connectivity index (χ0) is 26.8. The third-order valence-corrected chi connectivity index (χ3v) is 7.08. The maximum absolute atomic E-state index is 11.8. The lowest BCUT2D eigenvalue weighted by Gasteiger charge is -2.19. The van der Waals surface area contributed by atoms with Gasteiger partial charge in [0.1, 0.15) is 29.7 Å². The van der Waals surface area contributed by atoms with Gasteiger partial charge in [-0.25, -0.2) is 24.5 Å². The normalized spacial score (nSPS) is 16.9. The monoisotopic (exact) mass is 520 g/mol. The maximum Gasteiger partial charge on any atom is 0.160 e. The first kappa shape index (κ1) is 24.6. The van der Waals surface area contributed by atoms with Crippen LogP contribution in [0.4, 0.5) is 11.5 Å². The molecule has 196 valence electrons. The van der Waals surface area contributed by atoms with E-state index in [1.165, 1.54) is 18.7 Å². The molecule has 0 bridgehead atoms. The standard InChI is InChI=1S/C29H28N8O2/c1-3-20(38)5-6-23-22(10-12-30-23)24-7-8-25-28(36-24)29(33-16-31-25)35-19-4-9-26(18(2)14-19)39-21-11-13-37-27(15-21)32-17-34-37/h3-4,7-9,11,13-17,22-23,30H,1,5-6,10,12H2,2H3,(H,31,33,35)/t22-,23+/m1/s1. The summed E-state index contributed by atoms with van der Waals surface area (Å²) < 4.78 is 7.79. The van der Waals surface area contributed by atoms with E-state index >= 15 is 0 Å². The molecule has 1 fully saturated rings. The first-order valence-corrected chi connectivity index (χ1v) is 12.9. The average Bonchev–Trinajstić information content (AvgIpc) is 3.62. The van der Waals surface area contributed by atoms with Crippen LogP contribution in [0.2, 0.25) is 0 Å². The van der Waals surface area contributed by atoms with Gasteiger partial charge in [0.15, 0.2) is 17.2 Å². The third kappa shape index (κ3) is 5.19. The van der Waals surface area contributed by atoms with Gasteiger partial charge < -0.3 is 15.4 Å². The van der Waals surface area contributed by atoms with E-state index < -0.39 is 0 Å². The van der Waals surface area contributed by atoms with Crippen LogP contribution in [0.3, 0.4) is 0 Å². The van der Waals surface area contributed by atoms with Crippen LogP contribution in [-0.4, -0.2) is 47.9 Å². The second-order valence-electron chi connectivity index (χ2n) is 9.62. The fraction of sp³-hybridized carbons (Fsp3) is 0.241. The Balaban J connectivity index is 1.22. The minimum Gasteiger partial charge on any atom is -0.457 e. The SMILES string of the molecule is C=CC(=O)CC[C@@H]1NCC[C@H]1c1ccc2ncnc(Nc3ccc(Oc4ccn5ncnc5c4)c(C)c3)c2n1. The number of carbonyl (C=O) groups excluding carboxylic acids is 1. The van der Waals surface area contributed by atoms with Crippen molar-refractivity contribution in [3.8, 4) is 11.5 Å². The van der Waals surface area contributed by atoms with Crippen LogP contribution in [0.1, 0.15) is 36.4 Å². The summed E-state index contributed by atoms with van der Waals surface area (Å²) in [6.45, 7) is 6.47. The van der Waals surface area contributed by atoms with E-state index in [9.17, 15) is 4.79 Å². The Morgan fingerprint density at radius 2 is 2.10 bits per heavy atom. The molecule has 1 saturated heterocycles. The van der Waals surface area contributed by atoms with Gasteiger partial charge in [0.05, 0.1) is 5.52 Å². The van der Waals surface area contributed by atoms with E-state index in [1.54, 1.807) is 4.52 Å². The number of benzene rings is 1. The summed E-state index contributed by atoms with van der Waals surface area (Å²) in [5, 5.41) is 11.1. The Bertz CT molecular complexity index is 1680. The van der Waals surface area contributed by atoms with Gasteiger partial charge in [-0.3, -0.25) is 4.79 Å². The number of aryl methyl sites for hydroxylation is 1. The van der Waals surface area contributed by atoms with E-state index in [2.05, 4.69) is 37.3 Å². The average molecular weight is 521 g/mol. The highest BCUT2D eigenvalue weighted by Gasteiger charge is 2.29. The Labute approximate surface area is 225 Å². The number of rotatable bonds is 9. The molecule has 39 heavy (non-hydrogen) atoms. The largest absolute Gasteiger partial charge is 0.457 e. The summed E-state index contributed by atoms with van der Waals surface area (Å²) in [4.78, 5) is 29.9. The summed E-state index contributed by atoms with van der Waals surface area (Å²) in [7, 11) is 0. The number of fused-ring (bicyclic) bond motifs is 2. The quantitative estimate of drug-likeness (QED) is 0.262. The lowest BCUT2D eigenvalue weighted by molar-refractivity contribution is -0.114. The lowest BCUT2D eigenvalue weighted by atomic mass is 9.92. The van der Waals surface area contributed by atoms with Gasteiger partial charge in [-0.15, -0.1) is 0 Å². The molecule has 10 nitrogen and oxygen atoms in total. The molecule has 1 aliphatic rings. The Hall–Kier alpha value is -4.70. The summed E-state index contributed by atoms with van der Waals surface area (Å²) >= 11 is 0. The minimum absolute atomic E-state index is 0.0666. The van der Waals surface area contributed by atoms with Gasteiger partial charge in [-0.1, -0.05) is 6.58 Å². The van der Waals surface area contributed by atoms with Crippen LogP contribution >= 0.6 is 0 Å². The highest BCUT2D eigenvalue weighted by Crippen LogP contribution is 2.33. The number of carbonyl (C=O) groups is 1. The third-order valence-electron chi connectivity index (χ3n) is 7.08. The van der Waals surface area contributed by atoms with Crippen LogP contribution in [0.25, 0.3) is 16.7 Å². The number of anilines is 2. The smallest absolute Gasteiger partial charge is 0.160 e. The number of aromatic nitrogens is 6. The molecular weight excluding hydrogens is 492 g/mol. The van der Waals surface area contributed by atoms with Crippen LogP contribution in [0.15, 0.2) is 74.0 Å². The van der Waals surface area contributed by atoms with E-state index in [1.807, 2.05) is 55.6 Å². The Morgan fingerprint density at radius 1 is 1.18 bits per heavy atom.